The minimum atomic E-state index is -0.720. The second-order valence-electron chi connectivity index (χ2n) is 4.77. The molecule has 1 amide bonds. The van der Waals surface area contributed by atoms with Crippen molar-refractivity contribution in [2.45, 2.75) is 32.7 Å². The quantitative estimate of drug-likeness (QED) is 0.664. The summed E-state index contributed by atoms with van der Waals surface area (Å²) >= 11 is 0. The fraction of sp³-hybridized carbons (Fsp3) is 0.462. The second kappa shape index (κ2) is 4.65. The Hall–Kier alpha value is -1.49. The first-order valence-corrected chi connectivity index (χ1v) is 5.93. The molecule has 0 aromatic heterocycles. The molecule has 0 spiro atoms. The van der Waals surface area contributed by atoms with E-state index in [0.29, 0.717) is 11.5 Å². The third-order valence-electron chi connectivity index (χ3n) is 3.47. The van der Waals surface area contributed by atoms with Crippen LogP contribution < -0.4 is 0 Å². The van der Waals surface area contributed by atoms with Crippen LogP contribution in [-0.2, 0) is 11.3 Å². The predicted octanol–water partition coefficient (Wildman–Crippen LogP) is 2.87. The maximum Gasteiger partial charge on any atom is 0.252 e. The molecule has 1 aliphatic rings. The summed E-state index contributed by atoms with van der Waals surface area (Å²) in [7, 11) is 0. The summed E-state index contributed by atoms with van der Waals surface area (Å²) in [6, 6.07) is 2.96. The maximum absolute atomic E-state index is 13.0. The topological polar surface area (TPSA) is 40.5 Å². The standard InChI is InChI=1S/C13H15F2NO2/c1-2-13(3-4-13)12(17)16(18)8-9-5-10(14)7-11(15)6-9/h5-7,18H,2-4,8H2,1H3. The first-order chi connectivity index (χ1) is 8.47. The molecular weight excluding hydrogens is 240 g/mol. The van der Waals surface area contributed by atoms with Gasteiger partial charge in [0.15, 0.2) is 0 Å². The molecule has 0 unspecified atom stereocenters. The summed E-state index contributed by atoms with van der Waals surface area (Å²) in [4.78, 5) is 11.9. The van der Waals surface area contributed by atoms with Crippen molar-refractivity contribution in [3.05, 3.63) is 35.4 Å². The summed E-state index contributed by atoms with van der Waals surface area (Å²) in [5.74, 6) is -1.81. The van der Waals surface area contributed by atoms with E-state index in [-0.39, 0.29) is 18.0 Å². The van der Waals surface area contributed by atoms with Gasteiger partial charge >= 0.3 is 0 Å². The van der Waals surface area contributed by atoms with Gasteiger partial charge in [-0.2, -0.15) is 0 Å². The minimum Gasteiger partial charge on any atom is -0.286 e. The Morgan fingerprint density at radius 1 is 1.33 bits per heavy atom. The minimum absolute atomic E-state index is 0.199. The number of benzene rings is 1. The Morgan fingerprint density at radius 2 is 1.89 bits per heavy atom. The lowest BCUT2D eigenvalue weighted by atomic mass is 10.0. The number of hydrogen-bond acceptors (Lipinski definition) is 2. The highest BCUT2D eigenvalue weighted by molar-refractivity contribution is 5.84. The van der Waals surface area contributed by atoms with E-state index in [9.17, 15) is 18.8 Å². The Balaban J connectivity index is 2.07. The molecule has 0 heterocycles. The van der Waals surface area contributed by atoms with Crippen LogP contribution in [0.4, 0.5) is 8.78 Å². The van der Waals surface area contributed by atoms with Gasteiger partial charge in [-0.1, -0.05) is 6.92 Å². The van der Waals surface area contributed by atoms with Crippen LogP contribution in [0.1, 0.15) is 31.7 Å². The number of carbonyl (C=O) groups excluding carboxylic acids is 1. The SMILES string of the molecule is CCC1(C(=O)N(O)Cc2cc(F)cc(F)c2)CC1. The number of carbonyl (C=O) groups is 1. The van der Waals surface area contributed by atoms with Gasteiger partial charge in [0.25, 0.3) is 5.91 Å². The zero-order valence-corrected chi connectivity index (χ0v) is 10.1. The van der Waals surface area contributed by atoms with E-state index >= 15 is 0 Å². The average molecular weight is 255 g/mol. The van der Waals surface area contributed by atoms with Crippen LogP contribution in [0.25, 0.3) is 0 Å². The van der Waals surface area contributed by atoms with Crippen molar-refractivity contribution in [1.82, 2.24) is 5.06 Å². The molecule has 1 aromatic rings. The summed E-state index contributed by atoms with van der Waals surface area (Å²) < 4.78 is 25.9. The molecule has 5 heteroatoms. The van der Waals surface area contributed by atoms with Crippen molar-refractivity contribution < 1.29 is 18.8 Å². The molecule has 98 valence electrons. The van der Waals surface area contributed by atoms with E-state index in [1.165, 1.54) is 0 Å². The van der Waals surface area contributed by atoms with E-state index in [1.807, 2.05) is 6.92 Å². The van der Waals surface area contributed by atoms with Crippen molar-refractivity contribution in [1.29, 1.82) is 0 Å². The van der Waals surface area contributed by atoms with E-state index in [2.05, 4.69) is 0 Å². The van der Waals surface area contributed by atoms with Crippen LogP contribution >= 0.6 is 0 Å². The van der Waals surface area contributed by atoms with Crippen molar-refractivity contribution in [3.63, 3.8) is 0 Å². The highest BCUT2D eigenvalue weighted by Gasteiger charge is 2.50. The Kier molecular flexibility index (Phi) is 3.34. The van der Waals surface area contributed by atoms with Gasteiger partial charge in [-0.25, -0.2) is 13.8 Å². The fourth-order valence-corrected chi connectivity index (χ4v) is 2.09. The first kappa shape index (κ1) is 13.0. The van der Waals surface area contributed by atoms with Gasteiger partial charge < -0.3 is 0 Å². The molecule has 3 nitrogen and oxygen atoms in total. The number of halogens is 2. The zero-order valence-electron chi connectivity index (χ0n) is 10.1. The van der Waals surface area contributed by atoms with Gasteiger partial charge in [0, 0.05) is 6.07 Å². The molecule has 1 aromatic carbocycles. The lowest BCUT2D eigenvalue weighted by Gasteiger charge is -2.20. The molecule has 0 aliphatic heterocycles. The van der Waals surface area contributed by atoms with Crippen LogP contribution in [0.3, 0.4) is 0 Å². The Bertz CT molecular complexity index is 452. The highest BCUT2D eigenvalue weighted by atomic mass is 19.1. The average Bonchev–Trinajstić information content (AvgIpc) is 3.07. The molecule has 1 N–H and O–H groups in total. The number of nitrogens with zero attached hydrogens (tertiary/aromatic N) is 1. The van der Waals surface area contributed by atoms with Gasteiger partial charge in [0.1, 0.15) is 11.6 Å². The van der Waals surface area contributed by atoms with Gasteiger partial charge in [0.05, 0.1) is 12.0 Å². The monoisotopic (exact) mass is 255 g/mol. The smallest absolute Gasteiger partial charge is 0.252 e. The van der Waals surface area contributed by atoms with Crippen molar-refractivity contribution in [3.8, 4) is 0 Å². The third kappa shape index (κ3) is 2.51. The van der Waals surface area contributed by atoms with E-state index < -0.39 is 17.0 Å². The fourth-order valence-electron chi connectivity index (χ4n) is 2.09. The Labute approximate surface area is 104 Å². The third-order valence-corrected chi connectivity index (χ3v) is 3.47. The molecule has 1 saturated carbocycles. The number of hydroxylamine groups is 2. The van der Waals surface area contributed by atoms with Gasteiger partial charge in [-0.05, 0) is 37.0 Å². The van der Waals surface area contributed by atoms with E-state index in [1.54, 1.807) is 0 Å². The largest absolute Gasteiger partial charge is 0.286 e. The van der Waals surface area contributed by atoms with Gasteiger partial charge in [0.2, 0.25) is 0 Å². The highest BCUT2D eigenvalue weighted by Crippen LogP contribution is 2.49. The van der Waals surface area contributed by atoms with Crippen molar-refractivity contribution in [2.24, 2.45) is 5.41 Å². The lowest BCUT2D eigenvalue weighted by Crippen LogP contribution is -2.34. The molecule has 1 aliphatic carbocycles. The van der Waals surface area contributed by atoms with Gasteiger partial charge in [-0.15, -0.1) is 0 Å². The molecule has 0 bridgehead atoms. The molecular formula is C13H15F2NO2. The zero-order chi connectivity index (χ0) is 13.3. The first-order valence-electron chi connectivity index (χ1n) is 5.93. The van der Waals surface area contributed by atoms with Gasteiger partial charge in [-0.3, -0.25) is 10.0 Å². The summed E-state index contributed by atoms with van der Waals surface area (Å²) in [6.45, 7) is 1.69. The van der Waals surface area contributed by atoms with Crippen molar-refractivity contribution in [2.75, 3.05) is 0 Å². The lowest BCUT2D eigenvalue weighted by molar-refractivity contribution is -0.174. The van der Waals surface area contributed by atoms with Crippen LogP contribution in [0.15, 0.2) is 18.2 Å². The summed E-state index contributed by atoms with van der Waals surface area (Å²) in [5, 5.41) is 10.3. The predicted molar refractivity (Wildman–Crippen MR) is 60.7 cm³/mol. The number of amides is 1. The van der Waals surface area contributed by atoms with Crippen LogP contribution in [0.5, 0.6) is 0 Å². The van der Waals surface area contributed by atoms with E-state index in [4.69, 9.17) is 0 Å². The molecule has 0 atom stereocenters. The van der Waals surface area contributed by atoms with Crippen LogP contribution in [0.2, 0.25) is 0 Å². The number of rotatable bonds is 4. The normalized spacial score (nSPS) is 16.4. The summed E-state index contributed by atoms with van der Waals surface area (Å²) in [5.41, 5.74) is -0.226. The van der Waals surface area contributed by atoms with Crippen LogP contribution in [-0.4, -0.2) is 16.2 Å². The van der Waals surface area contributed by atoms with Crippen LogP contribution in [0, 0.1) is 17.0 Å². The molecule has 18 heavy (non-hydrogen) atoms. The number of hydrogen-bond donors (Lipinski definition) is 1. The summed E-state index contributed by atoms with van der Waals surface area (Å²) in [6.07, 6.45) is 2.19. The maximum atomic E-state index is 13.0. The molecule has 2 rings (SSSR count). The van der Waals surface area contributed by atoms with Crippen molar-refractivity contribution >= 4 is 5.91 Å². The second-order valence-corrected chi connectivity index (χ2v) is 4.77. The molecule has 0 radical (unpaired) electrons. The van der Waals surface area contributed by atoms with E-state index in [0.717, 1.165) is 31.0 Å². The Morgan fingerprint density at radius 3 is 2.33 bits per heavy atom. The molecule has 0 saturated heterocycles. The molecule has 1 fully saturated rings.